The van der Waals surface area contributed by atoms with Gasteiger partial charge in [-0.2, -0.15) is 0 Å². The van der Waals surface area contributed by atoms with Crippen LogP contribution >= 0.6 is 0 Å². The Kier molecular flexibility index (Phi) is 8.34. The molecule has 182 valence electrons. The van der Waals surface area contributed by atoms with Crippen molar-refractivity contribution in [1.29, 1.82) is 0 Å². The lowest BCUT2D eigenvalue weighted by molar-refractivity contribution is -0.140. The summed E-state index contributed by atoms with van der Waals surface area (Å²) < 4.78 is 5.78. The zero-order valence-corrected chi connectivity index (χ0v) is 20.4. The number of amides is 1. The molecule has 1 heterocycles. The molecule has 0 spiro atoms. The number of likely N-dealkylation sites (N-methyl/N-ethyl adjacent to an activating group) is 1. The van der Waals surface area contributed by atoms with E-state index in [0.29, 0.717) is 31.0 Å². The summed E-state index contributed by atoms with van der Waals surface area (Å²) >= 11 is 0. The van der Waals surface area contributed by atoms with Crippen molar-refractivity contribution in [2.45, 2.75) is 40.2 Å². The number of phenols is 1. The van der Waals surface area contributed by atoms with Crippen molar-refractivity contribution < 1.29 is 24.5 Å². The maximum Gasteiger partial charge on any atom is 0.295 e. The van der Waals surface area contributed by atoms with Crippen molar-refractivity contribution in [3.8, 4) is 11.5 Å². The third-order valence-electron chi connectivity index (χ3n) is 6.15. The highest BCUT2D eigenvalue weighted by Crippen LogP contribution is 2.41. The molecule has 2 aromatic rings. The molecule has 1 aliphatic rings. The number of hydrogen-bond acceptors (Lipinski definition) is 6. The number of aryl methyl sites for hydroxylation is 1. The number of carbonyl (C=O) groups excluding carboxylic acids is 2. The standard InChI is InChI=1S/C27H34N2O5/c1-5-15-34-20-10-8-9-19(17-20)24-23(25(31)21-16-18(4)11-12-22(21)30)26(32)27(33)29(24)14-13-28(6-2)7-3/h8-12,16-17,24,30-31H,5-7,13-15H2,1-4H3/t24-/m0/s1. The van der Waals surface area contributed by atoms with Gasteiger partial charge in [-0.15, -0.1) is 0 Å². The maximum absolute atomic E-state index is 13.2. The van der Waals surface area contributed by atoms with Gasteiger partial charge in [0.25, 0.3) is 11.7 Å². The molecule has 1 amide bonds. The minimum absolute atomic E-state index is 0.0295. The van der Waals surface area contributed by atoms with Gasteiger partial charge in [0.15, 0.2) is 0 Å². The van der Waals surface area contributed by atoms with Gasteiger partial charge in [0.2, 0.25) is 0 Å². The van der Waals surface area contributed by atoms with Gasteiger partial charge in [0.05, 0.1) is 23.8 Å². The molecule has 34 heavy (non-hydrogen) atoms. The minimum atomic E-state index is -0.791. The number of rotatable bonds is 10. The third-order valence-corrected chi connectivity index (χ3v) is 6.15. The van der Waals surface area contributed by atoms with Crippen LogP contribution in [-0.4, -0.2) is 64.5 Å². The van der Waals surface area contributed by atoms with E-state index in [2.05, 4.69) is 4.90 Å². The first-order valence-corrected chi connectivity index (χ1v) is 11.9. The van der Waals surface area contributed by atoms with Crippen LogP contribution in [0.25, 0.3) is 5.76 Å². The second-order valence-electron chi connectivity index (χ2n) is 8.46. The summed E-state index contributed by atoms with van der Waals surface area (Å²) in [6.45, 7) is 11.0. The van der Waals surface area contributed by atoms with Gasteiger partial charge in [-0.25, -0.2) is 0 Å². The molecule has 7 heteroatoms. The first kappa shape index (κ1) is 25.3. The largest absolute Gasteiger partial charge is 0.507 e. The van der Waals surface area contributed by atoms with Gasteiger partial charge in [0, 0.05) is 13.1 Å². The van der Waals surface area contributed by atoms with Crippen molar-refractivity contribution in [1.82, 2.24) is 9.80 Å². The van der Waals surface area contributed by atoms with E-state index in [-0.39, 0.29) is 22.6 Å². The Balaban J connectivity index is 2.14. The Labute approximate surface area is 201 Å². The monoisotopic (exact) mass is 466 g/mol. The van der Waals surface area contributed by atoms with Gasteiger partial charge in [0.1, 0.15) is 17.3 Å². The Morgan fingerprint density at radius 3 is 2.50 bits per heavy atom. The number of likely N-dealkylation sites (tertiary alicyclic amines) is 1. The van der Waals surface area contributed by atoms with E-state index in [1.54, 1.807) is 18.2 Å². The molecule has 0 aromatic heterocycles. The van der Waals surface area contributed by atoms with Gasteiger partial charge in [-0.1, -0.05) is 44.5 Å². The summed E-state index contributed by atoms with van der Waals surface area (Å²) in [7, 11) is 0. The molecule has 0 bridgehead atoms. The number of phenolic OH excluding ortho intramolecular Hbond substituents is 1. The number of carbonyl (C=O) groups is 2. The molecule has 0 aliphatic carbocycles. The Morgan fingerprint density at radius 1 is 1.09 bits per heavy atom. The summed E-state index contributed by atoms with van der Waals surface area (Å²) in [5, 5.41) is 21.6. The lowest BCUT2D eigenvalue weighted by atomic mass is 9.94. The second kappa shape index (κ2) is 11.2. The number of aliphatic hydroxyl groups excluding tert-OH is 1. The van der Waals surface area contributed by atoms with Crippen LogP contribution in [0.1, 0.15) is 49.9 Å². The predicted molar refractivity (Wildman–Crippen MR) is 132 cm³/mol. The van der Waals surface area contributed by atoms with Crippen LogP contribution in [0, 0.1) is 6.92 Å². The predicted octanol–water partition coefficient (Wildman–Crippen LogP) is 4.25. The average Bonchev–Trinajstić information content (AvgIpc) is 3.09. The number of aliphatic hydroxyl groups is 1. The first-order valence-electron chi connectivity index (χ1n) is 11.9. The van der Waals surface area contributed by atoms with E-state index in [1.165, 1.54) is 11.0 Å². The fraction of sp³-hybridized carbons (Fsp3) is 0.407. The number of ketones is 1. The molecular weight excluding hydrogens is 432 g/mol. The summed E-state index contributed by atoms with van der Waals surface area (Å²) in [6, 6.07) is 11.3. The molecule has 1 atom stereocenters. The lowest BCUT2D eigenvalue weighted by Gasteiger charge is -2.28. The van der Waals surface area contributed by atoms with Crippen molar-refractivity contribution in [2.24, 2.45) is 0 Å². The summed E-state index contributed by atoms with van der Waals surface area (Å²) in [5.41, 5.74) is 1.57. The minimum Gasteiger partial charge on any atom is -0.507 e. The molecule has 1 aliphatic heterocycles. The first-order chi connectivity index (χ1) is 16.3. The second-order valence-corrected chi connectivity index (χ2v) is 8.46. The summed E-state index contributed by atoms with van der Waals surface area (Å²) in [4.78, 5) is 30.0. The number of Topliss-reactive ketones (excluding diaryl/α,β-unsaturated/α-hetero) is 1. The van der Waals surface area contributed by atoms with Gasteiger partial charge < -0.3 is 24.7 Å². The van der Waals surface area contributed by atoms with Crippen molar-refractivity contribution in [3.63, 3.8) is 0 Å². The number of nitrogens with zero attached hydrogens (tertiary/aromatic N) is 2. The average molecular weight is 467 g/mol. The molecule has 7 nitrogen and oxygen atoms in total. The number of aromatic hydroxyl groups is 1. The van der Waals surface area contributed by atoms with Gasteiger partial charge in [-0.3, -0.25) is 9.59 Å². The van der Waals surface area contributed by atoms with Crippen LogP contribution in [-0.2, 0) is 9.59 Å². The molecule has 0 unspecified atom stereocenters. The van der Waals surface area contributed by atoms with Crippen molar-refractivity contribution in [2.75, 3.05) is 32.8 Å². The molecule has 1 fully saturated rings. The van der Waals surface area contributed by atoms with Crippen LogP contribution in [0.2, 0.25) is 0 Å². The van der Waals surface area contributed by atoms with Crippen LogP contribution in [0.3, 0.4) is 0 Å². The van der Waals surface area contributed by atoms with Crippen LogP contribution in [0.4, 0.5) is 0 Å². The van der Waals surface area contributed by atoms with E-state index >= 15 is 0 Å². The molecule has 3 rings (SSSR count). The SMILES string of the molecule is CCCOc1cccc([C@H]2C(=C(O)c3cc(C)ccc3O)C(=O)C(=O)N2CCN(CC)CC)c1. The molecule has 0 saturated carbocycles. The van der Waals surface area contributed by atoms with Crippen LogP contribution < -0.4 is 4.74 Å². The van der Waals surface area contributed by atoms with E-state index in [9.17, 15) is 19.8 Å². The van der Waals surface area contributed by atoms with Gasteiger partial charge >= 0.3 is 0 Å². The zero-order chi connectivity index (χ0) is 24.8. The summed E-state index contributed by atoms with van der Waals surface area (Å²) in [5.74, 6) is -1.33. The molecule has 0 radical (unpaired) electrons. The normalized spacial score (nSPS) is 17.6. The van der Waals surface area contributed by atoms with Crippen molar-refractivity contribution in [3.05, 3.63) is 64.7 Å². The molecule has 1 saturated heterocycles. The Hall–Kier alpha value is -3.32. The number of hydrogen-bond donors (Lipinski definition) is 2. The van der Waals surface area contributed by atoms with E-state index in [0.717, 1.165) is 25.1 Å². The smallest absolute Gasteiger partial charge is 0.295 e. The third kappa shape index (κ3) is 5.25. The zero-order valence-electron chi connectivity index (χ0n) is 20.4. The lowest BCUT2D eigenvalue weighted by Crippen LogP contribution is -2.38. The summed E-state index contributed by atoms with van der Waals surface area (Å²) in [6.07, 6.45) is 0.846. The fourth-order valence-electron chi connectivity index (χ4n) is 4.23. The quantitative estimate of drug-likeness (QED) is 0.309. The maximum atomic E-state index is 13.2. The number of benzene rings is 2. The highest BCUT2D eigenvalue weighted by Gasteiger charge is 2.46. The van der Waals surface area contributed by atoms with Gasteiger partial charge in [-0.05, 0) is 56.3 Å². The van der Waals surface area contributed by atoms with Crippen LogP contribution in [0.15, 0.2) is 48.0 Å². The number of ether oxygens (including phenoxy) is 1. The Bertz CT molecular complexity index is 1070. The molecule has 2 aromatic carbocycles. The van der Waals surface area contributed by atoms with Crippen LogP contribution in [0.5, 0.6) is 11.5 Å². The topological polar surface area (TPSA) is 90.3 Å². The van der Waals surface area contributed by atoms with E-state index < -0.39 is 17.7 Å². The van der Waals surface area contributed by atoms with Crippen molar-refractivity contribution >= 4 is 17.4 Å². The van der Waals surface area contributed by atoms with E-state index in [4.69, 9.17) is 4.74 Å². The fourth-order valence-corrected chi connectivity index (χ4v) is 4.23. The Morgan fingerprint density at radius 2 is 1.82 bits per heavy atom. The highest BCUT2D eigenvalue weighted by atomic mass is 16.5. The molecule has 2 N–H and O–H groups in total. The van der Waals surface area contributed by atoms with E-state index in [1.807, 2.05) is 45.9 Å². The molecular formula is C27H34N2O5. The highest BCUT2D eigenvalue weighted by molar-refractivity contribution is 6.46.